The van der Waals surface area contributed by atoms with Crippen molar-refractivity contribution in [1.29, 1.82) is 0 Å². The molecule has 3 aromatic rings. The molecule has 1 fully saturated rings. The van der Waals surface area contributed by atoms with Crippen molar-refractivity contribution in [2.45, 2.75) is 6.92 Å². The Kier molecular flexibility index (Phi) is 5.93. The van der Waals surface area contributed by atoms with Crippen molar-refractivity contribution < 1.29 is 23.9 Å². The number of hydrogen-bond donors (Lipinski definition) is 1. The van der Waals surface area contributed by atoms with Gasteiger partial charge in [0, 0.05) is 17.2 Å². The van der Waals surface area contributed by atoms with E-state index in [9.17, 15) is 19.5 Å². The van der Waals surface area contributed by atoms with E-state index in [1.165, 1.54) is 12.1 Å². The summed E-state index contributed by atoms with van der Waals surface area (Å²) in [4.78, 5) is 36.4. The molecule has 4 rings (SSSR count). The number of hydrogen-bond acceptors (Lipinski definition) is 7. The van der Waals surface area contributed by atoms with Gasteiger partial charge in [-0.05, 0) is 60.6 Å². The molecule has 1 saturated heterocycles. The number of carboxylic acid groups (broad SMARTS) is 1. The van der Waals surface area contributed by atoms with Crippen molar-refractivity contribution in [3.8, 4) is 11.3 Å². The lowest BCUT2D eigenvalue weighted by molar-refractivity contribution is -0.255. The van der Waals surface area contributed by atoms with Crippen molar-refractivity contribution in [1.82, 2.24) is 10.4 Å². The number of aryl methyl sites for hydroxylation is 1. The summed E-state index contributed by atoms with van der Waals surface area (Å²) in [6.07, 6.45) is 1.54. The number of thiocarbonyl (C=S) groups is 1. The number of amides is 2. The Morgan fingerprint density at radius 2 is 1.84 bits per heavy atom. The first-order chi connectivity index (χ1) is 15.3. The van der Waals surface area contributed by atoms with Crippen LogP contribution < -0.4 is 10.5 Å². The fraction of sp³-hybridized carbons (Fsp3) is 0.0435. The van der Waals surface area contributed by atoms with Gasteiger partial charge in [0.2, 0.25) is 0 Å². The number of thioether (sulfide) groups is 1. The number of rotatable bonds is 5. The van der Waals surface area contributed by atoms with Gasteiger partial charge >= 0.3 is 0 Å². The van der Waals surface area contributed by atoms with E-state index in [2.05, 4.69) is 5.43 Å². The maximum Gasteiger partial charge on any atom is 0.285 e. The number of benzene rings is 2. The summed E-state index contributed by atoms with van der Waals surface area (Å²) in [7, 11) is 0. The van der Waals surface area contributed by atoms with E-state index in [-0.39, 0.29) is 9.88 Å². The van der Waals surface area contributed by atoms with Crippen LogP contribution in [-0.2, 0) is 4.79 Å². The van der Waals surface area contributed by atoms with Crippen LogP contribution >= 0.6 is 24.0 Å². The molecule has 0 atom stereocenters. The van der Waals surface area contributed by atoms with Crippen LogP contribution in [0.5, 0.6) is 0 Å². The second-order valence-corrected chi connectivity index (χ2v) is 8.52. The summed E-state index contributed by atoms with van der Waals surface area (Å²) < 4.78 is 6.03. The molecule has 7 nitrogen and oxygen atoms in total. The molecule has 0 unspecified atom stereocenters. The van der Waals surface area contributed by atoms with Gasteiger partial charge in [0.15, 0.2) is 4.32 Å². The molecule has 2 aromatic carbocycles. The number of aromatic carboxylic acids is 1. The maximum atomic E-state index is 12.8. The zero-order chi connectivity index (χ0) is 22.8. The third-order valence-corrected chi connectivity index (χ3v) is 5.97. The van der Waals surface area contributed by atoms with Gasteiger partial charge < -0.3 is 14.3 Å². The normalized spacial score (nSPS) is 14.8. The number of carbonyl (C=O) groups is 3. The Balaban J connectivity index is 1.52. The number of nitrogens with one attached hydrogen (secondary N) is 1. The summed E-state index contributed by atoms with van der Waals surface area (Å²) >= 11 is 6.29. The van der Waals surface area contributed by atoms with E-state index in [1.54, 1.807) is 61.5 Å². The predicted octanol–water partition coefficient (Wildman–Crippen LogP) is 3.16. The molecule has 0 spiro atoms. The maximum absolute atomic E-state index is 12.8. The van der Waals surface area contributed by atoms with E-state index >= 15 is 0 Å². The number of carboxylic acids is 1. The predicted molar refractivity (Wildman–Crippen MR) is 122 cm³/mol. The monoisotopic (exact) mass is 463 g/mol. The lowest BCUT2D eigenvalue weighted by atomic mass is 10.0. The second-order valence-electron chi connectivity index (χ2n) is 6.84. The Bertz CT molecular complexity index is 1280. The highest BCUT2D eigenvalue weighted by molar-refractivity contribution is 8.26. The van der Waals surface area contributed by atoms with Crippen molar-refractivity contribution in [3.05, 3.63) is 88.0 Å². The van der Waals surface area contributed by atoms with E-state index in [1.807, 2.05) is 0 Å². The molecule has 160 valence electrons. The first kappa shape index (κ1) is 21.5. The molecular formula is C23H15N2O5S2-. The summed E-state index contributed by atoms with van der Waals surface area (Å²) in [5.74, 6) is -1.22. The van der Waals surface area contributed by atoms with Crippen molar-refractivity contribution in [2.75, 3.05) is 0 Å². The zero-order valence-electron chi connectivity index (χ0n) is 16.7. The standard InChI is InChI=1S/C23H16N2O5S2/c1-13-11-15(22(28)29)7-9-17(13)18-10-8-16(30-18)12-19-21(27)25(23(31)32-19)24-20(26)14-5-3-2-4-6-14/h2-12H,1H3,(H,24,26)(H,28,29)/p-1/b19-12-. The molecule has 32 heavy (non-hydrogen) atoms. The lowest BCUT2D eigenvalue weighted by Crippen LogP contribution is -2.44. The average molecular weight is 464 g/mol. The highest BCUT2D eigenvalue weighted by Crippen LogP contribution is 2.33. The number of furan rings is 1. The third-order valence-electron chi connectivity index (χ3n) is 4.67. The lowest BCUT2D eigenvalue weighted by Gasteiger charge is -2.15. The molecule has 1 aliphatic rings. The van der Waals surface area contributed by atoms with Crippen LogP contribution in [0.3, 0.4) is 0 Å². The molecule has 0 aliphatic carbocycles. The Morgan fingerprint density at radius 1 is 1.09 bits per heavy atom. The molecular weight excluding hydrogens is 448 g/mol. The fourth-order valence-electron chi connectivity index (χ4n) is 3.09. The van der Waals surface area contributed by atoms with E-state index < -0.39 is 17.8 Å². The van der Waals surface area contributed by atoms with Crippen LogP contribution in [0.15, 0.2) is 70.0 Å². The van der Waals surface area contributed by atoms with E-state index in [0.29, 0.717) is 27.6 Å². The van der Waals surface area contributed by atoms with Crippen LogP contribution in [0, 0.1) is 6.92 Å². The smallest absolute Gasteiger partial charge is 0.285 e. The van der Waals surface area contributed by atoms with Gasteiger partial charge in [0.1, 0.15) is 11.5 Å². The van der Waals surface area contributed by atoms with Crippen LogP contribution in [0.4, 0.5) is 0 Å². The minimum Gasteiger partial charge on any atom is -0.545 e. The topological polar surface area (TPSA) is 103 Å². The minimum absolute atomic E-state index is 0.0826. The summed E-state index contributed by atoms with van der Waals surface area (Å²) in [5, 5.41) is 12.0. The quantitative estimate of drug-likeness (QED) is 0.458. The van der Waals surface area contributed by atoms with Crippen molar-refractivity contribution in [2.24, 2.45) is 0 Å². The number of hydrazine groups is 1. The van der Waals surface area contributed by atoms with Gasteiger partial charge in [-0.3, -0.25) is 15.0 Å². The zero-order valence-corrected chi connectivity index (χ0v) is 18.3. The van der Waals surface area contributed by atoms with Crippen LogP contribution in [0.1, 0.15) is 32.0 Å². The highest BCUT2D eigenvalue weighted by atomic mass is 32.2. The fourth-order valence-corrected chi connectivity index (χ4v) is 4.25. The molecule has 9 heteroatoms. The second kappa shape index (κ2) is 8.81. The number of nitrogens with zero attached hydrogens (tertiary/aromatic N) is 1. The SMILES string of the molecule is Cc1cc(C(=O)[O-])ccc1-c1ccc(/C=C2\SC(=S)N(NC(=O)c3ccccc3)C2=O)o1. The number of carbonyl (C=O) groups excluding carboxylic acids is 3. The molecule has 1 N–H and O–H groups in total. The van der Waals surface area contributed by atoms with Gasteiger partial charge in [0.05, 0.1) is 10.9 Å². The van der Waals surface area contributed by atoms with Crippen molar-refractivity contribution >= 4 is 52.2 Å². The van der Waals surface area contributed by atoms with Gasteiger partial charge in [-0.2, -0.15) is 5.01 Å². The largest absolute Gasteiger partial charge is 0.545 e. The molecule has 2 heterocycles. The molecule has 0 radical (unpaired) electrons. The van der Waals surface area contributed by atoms with E-state index in [4.69, 9.17) is 16.6 Å². The highest BCUT2D eigenvalue weighted by Gasteiger charge is 2.34. The van der Waals surface area contributed by atoms with Gasteiger partial charge in [-0.15, -0.1) is 0 Å². The Morgan fingerprint density at radius 3 is 2.53 bits per heavy atom. The van der Waals surface area contributed by atoms with Crippen LogP contribution in [0.2, 0.25) is 0 Å². The summed E-state index contributed by atoms with van der Waals surface area (Å²) in [6.45, 7) is 1.77. The Hall–Kier alpha value is -3.69. The minimum atomic E-state index is -1.25. The van der Waals surface area contributed by atoms with Crippen LogP contribution in [0.25, 0.3) is 17.4 Å². The average Bonchev–Trinajstić information content (AvgIpc) is 3.34. The molecule has 1 aliphatic heterocycles. The molecule has 2 amide bonds. The van der Waals surface area contributed by atoms with Gasteiger partial charge in [-0.25, -0.2) is 0 Å². The van der Waals surface area contributed by atoms with Gasteiger partial charge in [-0.1, -0.05) is 42.1 Å². The van der Waals surface area contributed by atoms with Crippen molar-refractivity contribution in [3.63, 3.8) is 0 Å². The molecule has 1 aromatic heterocycles. The Labute approximate surface area is 192 Å². The van der Waals surface area contributed by atoms with Gasteiger partial charge in [0.25, 0.3) is 11.8 Å². The third kappa shape index (κ3) is 4.34. The summed E-state index contributed by atoms with van der Waals surface area (Å²) in [6, 6.07) is 16.5. The molecule has 0 saturated carbocycles. The van der Waals surface area contributed by atoms with E-state index in [0.717, 1.165) is 22.3 Å². The molecule has 0 bridgehead atoms. The first-order valence-corrected chi connectivity index (χ1v) is 10.6. The summed E-state index contributed by atoms with van der Waals surface area (Å²) in [5.41, 5.74) is 4.44. The van der Waals surface area contributed by atoms with Crippen LogP contribution in [-0.4, -0.2) is 27.1 Å². The first-order valence-electron chi connectivity index (χ1n) is 9.39.